The van der Waals surface area contributed by atoms with Gasteiger partial charge in [0.15, 0.2) is 5.78 Å². The lowest BCUT2D eigenvalue weighted by Crippen LogP contribution is -2.06. The molecular formula is C16H14BrFO. The smallest absolute Gasteiger partial charge is 0.167 e. The van der Waals surface area contributed by atoms with E-state index in [0.717, 1.165) is 15.6 Å². The third-order valence-electron chi connectivity index (χ3n) is 2.90. The summed E-state index contributed by atoms with van der Waals surface area (Å²) < 4.78 is 14.4. The van der Waals surface area contributed by atoms with E-state index < -0.39 is 0 Å². The molecule has 98 valence electrons. The summed E-state index contributed by atoms with van der Waals surface area (Å²) in [5.41, 5.74) is 3.13. The second-order valence-corrected chi connectivity index (χ2v) is 5.63. The number of carbonyl (C=O) groups excluding carboxylic acids is 1. The van der Waals surface area contributed by atoms with Crippen LogP contribution in [-0.4, -0.2) is 5.78 Å². The maximum atomic E-state index is 13.6. The first-order valence-corrected chi connectivity index (χ1v) is 6.80. The van der Waals surface area contributed by atoms with E-state index in [0.29, 0.717) is 11.1 Å². The zero-order chi connectivity index (χ0) is 14.0. The minimum atomic E-state index is -0.346. The Balaban J connectivity index is 2.28. The molecule has 0 unspecified atom stereocenters. The molecule has 0 aromatic heterocycles. The van der Waals surface area contributed by atoms with Gasteiger partial charge in [0, 0.05) is 16.5 Å². The molecule has 2 aromatic rings. The number of hydrogen-bond donors (Lipinski definition) is 0. The molecule has 3 heteroatoms. The molecule has 2 rings (SSSR count). The lowest BCUT2D eigenvalue weighted by molar-refractivity contribution is 0.0991. The highest BCUT2D eigenvalue weighted by Crippen LogP contribution is 2.18. The Morgan fingerprint density at radius 3 is 2.37 bits per heavy atom. The van der Waals surface area contributed by atoms with E-state index in [1.54, 1.807) is 12.1 Å². The number of carbonyl (C=O) groups is 1. The van der Waals surface area contributed by atoms with Crippen molar-refractivity contribution in [1.82, 2.24) is 0 Å². The highest BCUT2D eigenvalue weighted by molar-refractivity contribution is 9.10. The van der Waals surface area contributed by atoms with Crippen molar-refractivity contribution in [3.05, 3.63) is 68.9 Å². The van der Waals surface area contributed by atoms with Crippen LogP contribution in [0.3, 0.4) is 0 Å². The Bertz CT molecular complexity index is 614. The number of halogens is 2. The van der Waals surface area contributed by atoms with Gasteiger partial charge < -0.3 is 0 Å². The monoisotopic (exact) mass is 320 g/mol. The van der Waals surface area contributed by atoms with Gasteiger partial charge in [-0.05, 0) is 49.7 Å². The van der Waals surface area contributed by atoms with Gasteiger partial charge in [0.25, 0.3) is 0 Å². The number of benzene rings is 2. The summed E-state index contributed by atoms with van der Waals surface area (Å²) in [5, 5.41) is 0. The number of rotatable bonds is 3. The summed E-state index contributed by atoms with van der Waals surface area (Å²) >= 11 is 3.29. The van der Waals surface area contributed by atoms with Crippen LogP contribution >= 0.6 is 15.9 Å². The first-order chi connectivity index (χ1) is 8.95. The normalized spacial score (nSPS) is 10.5. The number of Topliss-reactive ketones (excluding diaryl/α,β-unsaturated/α-hetero) is 1. The fourth-order valence-electron chi connectivity index (χ4n) is 2.09. The highest BCUT2D eigenvalue weighted by atomic mass is 79.9. The molecule has 0 saturated carbocycles. The molecule has 0 aliphatic rings. The Morgan fingerprint density at radius 2 is 1.74 bits per heavy atom. The van der Waals surface area contributed by atoms with Gasteiger partial charge in [-0.3, -0.25) is 4.79 Å². The Kier molecular flexibility index (Phi) is 4.15. The second-order valence-electron chi connectivity index (χ2n) is 4.71. The van der Waals surface area contributed by atoms with Gasteiger partial charge in [-0.25, -0.2) is 4.39 Å². The van der Waals surface area contributed by atoms with E-state index >= 15 is 0 Å². The number of ketones is 1. The number of hydrogen-bond acceptors (Lipinski definition) is 1. The zero-order valence-corrected chi connectivity index (χ0v) is 12.4. The van der Waals surface area contributed by atoms with Crippen LogP contribution in [0.1, 0.15) is 27.0 Å². The van der Waals surface area contributed by atoms with E-state index in [9.17, 15) is 9.18 Å². The van der Waals surface area contributed by atoms with Crippen molar-refractivity contribution < 1.29 is 9.18 Å². The predicted molar refractivity (Wildman–Crippen MR) is 78.1 cm³/mol. The van der Waals surface area contributed by atoms with Crippen LogP contribution in [0.2, 0.25) is 0 Å². The van der Waals surface area contributed by atoms with E-state index in [1.807, 2.05) is 32.0 Å². The Morgan fingerprint density at radius 1 is 1.11 bits per heavy atom. The topological polar surface area (TPSA) is 17.1 Å². The Hall–Kier alpha value is -1.48. The summed E-state index contributed by atoms with van der Waals surface area (Å²) in [6.45, 7) is 3.90. The first kappa shape index (κ1) is 13.9. The predicted octanol–water partition coefficient (Wildman–Crippen LogP) is 4.63. The van der Waals surface area contributed by atoms with Crippen molar-refractivity contribution in [2.75, 3.05) is 0 Å². The molecule has 0 atom stereocenters. The van der Waals surface area contributed by atoms with Crippen LogP contribution in [0.5, 0.6) is 0 Å². The van der Waals surface area contributed by atoms with Gasteiger partial charge in [-0.15, -0.1) is 0 Å². The van der Waals surface area contributed by atoms with Gasteiger partial charge in [-0.2, -0.15) is 0 Å². The van der Waals surface area contributed by atoms with Crippen molar-refractivity contribution in [3.63, 3.8) is 0 Å². The van der Waals surface area contributed by atoms with E-state index in [4.69, 9.17) is 0 Å². The van der Waals surface area contributed by atoms with Gasteiger partial charge in [0.1, 0.15) is 5.82 Å². The van der Waals surface area contributed by atoms with Crippen molar-refractivity contribution in [2.24, 2.45) is 0 Å². The minimum Gasteiger partial charge on any atom is -0.294 e. The summed E-state index contributed by atoms with van der Waals surface area (Å²) in [4.78, 5) is 12.2. The van der Waals surface area contributed by atoms with Crippen molar-refractivity contribution >= 4 is 21.7 Å². The molecule has 0 aliphatic heterocycles. The van der Waals surface area contributed by atoms with Gasteiger partial charge >= 0.3 is 0 Å². The van der Waals surface area contributed by atoms with Crippen LogP contribution in [0.25, 0.3) is 0 Å². The van der Waals surface area contributed by atoms with E-state index in [2.05, 4.69) is 15.9 Å². The molecule has 1 nitrogen and oxygen atoms in total. The third kappa shape index (κ3) is 3.51. The van der Waals surface area contributed by atoms with Crippen LogP contribution in [-0.2, 0) is 6.42 Å². The van der Waals surface area contributed by atoms with E-state index in [1.165, 1.54) is 6.07 Å². The fourth-order valence-corrected chi connectivity index (χ4v) is 2.50. The molecule has 19 heavy (non-hydrogen) atoms. The molecule has 0 aliphatic carbocycles. The molecule has 0 amide bonds. The van der Waals surface area contributed by atoms with Crippen molar-refractivity contribution in [2.45, 2.75) is 20.3 Å². The highest BCUT2D eigenvalue weighted by Gasteiger charge is 2.11. The molecule has 2 aromatic carbocycles. The maximum absolute atomic E-state index is 13.6. The van der Waals surface area contributed by atoms with Gasteiger partial charge in [0.05, 0.1) is 0 Å². The standard InChI is InChI=1S/C16H14BrFO/c1-10-5-11(2)7-13(6-10)16(19)9-12-8-14(17)3-4-15(12)18/h3-8H,9H2,1-2H3. The molecular weight excluding hydrogens is 307 g/mol. The fraction of sp³-hybridized carbons (Fsp3) is 0.188. The lowest BCUT2D eigenvalue weighted by atomic mass is 9.99. The number of aryl methyl sites for hydroxylation is 2. The summed E-state index contributed by atoms with van der Waals surface area (Å²) in [5.74, 6) is -0.412. The lowest BCUT2D eigenvalue weighted by Gasteiger charge is -2.06. The molecule has 0 spiro atoms. The van der Waals surface area contributed by atoms with Gasteiger partial charge in [-0.1, -0.05) is 33.1 Å². The minimum absolute atomic E-state index is 0.0659. The average molecular weight is 321 g/mol. The van der Waals surface area contributed by atoms with E-state index in [-0.39, 0.29) is 18.0 Å². The molecule has 0 fully saturated rings. The van der Waals surface area contributed by atoms with Crippen LogP contribution in [0, 0.1) is 19.7 Å². The second kappa shape index (κ2) is 5.66. The summed E-state index contributed by atoms with van der Waals surface area (Å²) in [6, 6.07) is 10.3. The molecule has 0 radical (unpaired) electrons. The third-order valence-corrected chi connectivity index (χ3v) is 3.40. The Labute approximate surface area is 120 Å². The molecule has 0 saturated heterocycles. The summed E-state index contributed by atoms with van der Waals surface area (Å²) in [6.07, 6.45) is 0.0775. The molecule has 0 heterocycles. The van der Waals surface area contributed by atoms with Crippen LogP contribution in [0.15, 0.2) is 40.9 Å². The summed E-state index contributed by atoms with van der Waals surface area (Å²) in [7, 11) is 0. The zero-order valence-electron chi connectivity index (χ0n) is 10.8. The molecule has 0 N–H and O–H groups in total. The first-order valence-electron chi connectivity index (χ1n) is 6.01. The van der Waals surface area contributed by atoms with Gasteiger partial charge in [0.2, 0.25) is 0 Å². The maximum Gasteiger partial charge on any atom is 0.167 e. The van der Waals surface area contributed by atoms with Crippen LogP contribution < -0.4 is 0 Å². The SMILES string of the molecule is Cc1cc(C)cc(C(=O)Cc2cc(Br)ccc2F)c1. The molecule has 0 bridgehead atoms. The van der Waals surface area contributed by atoms with Crippen LogP contribution in [0.4, 0.5) is 4.39 Å². The largest absolute Gasteiger partial charge is 0.294 e. The average Bonchev–Trinajstić information content (AvgIpc) is 2.32. The quantitative estimate of drug-likeness (QED) is 0.753. The van der Waals surface area contributed by atoms with Crippen molar-refractivity contribution in [3.8, 4) is 0 Å². The van der Waals surface area contributed by atoms with Crippen molar-refractivity contribution in [1.29, 1.82) is 0 Å².